The van der Waals surface area contributed by atoms with Crippen LogP contribution in [-0.4, -0.2) is 19.5 Å². The normalized spacial score (nSPS) is 11.6. The third kappa shape index (κ3) is 5.26. The smallest absolute Gasteiger partial charge is 0.164 e. The van der Waals surface area contributed by atoms with E-state index in [1.165, 1.54) is 54.1 Å². The first-order chi connectivity index (χ1) is 27.2. The minimum atomic E-state index is 0.647. The van der Waals surface area contributed by atoms with Crippen molar-refractivity contribution in [1.82, 2.24) is 19.5 Å². The van der Waals surface area contributed by atoms with Crippen molar-refractivity contribution < 1.29 is 0 Å². The van der Waals surface area contributed by atoms with E-state index in [0.29, 0.717) is 17.5 Å². The van der Waals surface area contributed by atoms with Crippen LogP contribution in [0, 0.1) is 0 Å². The Hall–Kier alpha value is -7.43. The van der Waals surface area contributed by atoms with Gasteiger partial charge in [-0.1, -0.05) is 164 Å². The lowest BCUT2D eigenvalue weighted by molar-refractivity contribution is 1.07. The summed E-state index contributed by atoms with van der Waals surface area (Å²) in [5.41, 5.74) is 8.69. The van der Waals surface area contributed by atoms with E-state index in [-0.39, 0.29) is 0 Å². The molecule has 9 aromatic carbocycles. The number of fused-ring (bicyclic) bond motifs is 8. The third-order valence-electron chi connectivity index (χ3n) is 10.8. The lowest BCUT2D eigenvalue weighted by atomic mass is 9.97. The summed E-state index contributed by atoms with van der Waals surface area (Å²) in [5.74, 6) is 1.96. The van der Waals surface area contributed by atoms with E-state index in [0.717, 1.165) is 33.5 Å². The zero-order valence-electron chi connectivity index (χ0n) is 29.8. The predicted octanol–water partition coefficient (Wildman–Crippen LogP) is 13.1. The van der Waals surface area contributed by atoms with E-state index >= 15 is 0 Å². The van der Waals surface area contributed by atoms with Gasteiger partial charge in [0.15, 0.2) is 17.5 Å². The van der Waals surface area contributed by atoms with Crippen LogP contribution in [-0.2, 0) is 0 Å². The van der Waals surface area contributed by atoms with Gasteiger partial charge in [0, 0.05) is 33.2 Å². The third-order valence-corrected chi connectivity index (χ3v) is 10.8. The molecule has 256 valence electrons. The van der Waals surface area contributed by atoms with Crippen LogP contribution in [0.1, 0.15) is 0 Å². The maximum atomic E-state index is 4.94. The van der Waals surface area contributed by atoms with Gasteiger partial charge in [-0.15, -0.1) is 0 Å². The minimum Gasteiger partial charge on any atom is -0.309 e. The first-order valence-electron chi connectivity index (χ1n) is 18.6. The fourth-order valence-electron chi connectivity index (χ4n) is 8.13. The first kappa shape index (κ1) is 31.1. The number of nitrogens with zero attached hydrogens (tertiary/aromatic N) is 4. The summed E-state index contributed by atoms with van der Waals surface area (Å²) in [6, 6.07) is 68.9. The van der Waals surface area contributed by atoms with E-state index in [1.54, 1.807) is 0 Å². The molecule has 11 rings (SSSR count). The summed E-state index contributed by atoms with van der Waals surface area (Å²) in [6.45, 7) is 0. The number of hydrogen-bond acceptors (Lipinski definition) is 3. The van der Waals surface area contributed by atoms with Crippen molar-refractivity contribution in [2.24, 2.45) is 0 Å². The lowest BCUT2D eigenvalue weighted by Crippen LogP contribution is -2.00. The molecule has 0 radical (unpaired) electrons. The molecule has 0 bridgehead atoms. The molecule has 0 fully saturated rings. The van der Waals surface area contributed by atoms with E-state index in [9.17, 15) is 0 Å². The summed E-state index contributed by atoms with van der Waals surface area (Å²) >= 11 is 0. The molecule has 0 aliphatic rings. The van der Waals surface area contributed by atoms with E-state index in [4.69, 9.17) is 15.0 Å². The number of benzene rings is 9. The average Bonchev–Trinajstić information content (AvgIpc) is 3.61. The maximum absolute atomic E-state index is 4.94. The van der Waals surface area contributed by atoms with E-state index in [1.807, 2.05) is 60.7 Å². The largest absolute Gasteiger partial charge is 0.309 e. The van der Waals surface area contributed by atoms with Crippen molar-refractivity contribution in [3.8, 4) is 51.0 Å². The Bertz CT molecular complexity index is 3180. The van der Waals surface area contributed by atoms with Crippen molar-refractivity contribution in [2.45, 2.75) is 0 Å². The molecule has 0 atom stereocenters. The highest BCUT2D eigenvalue weighted by atomic mass is 15.0. The van der Waals surface area contributed by atoms with Crippen molar-refractivity contribution in [3.63, 3.8) is 0 Å². The molecule has 0 aliphatic carbocycles. The van der Waals surface area contributed by atoms with Crippen LogP contribution in [0.25, 0.3) is 105 Å². The van der Waals surface area contributed by atoms with Crippen LogP contribution >= 0.6 is 0 Å². The molecular weight excluding hydrogens is 669 g/mol. The van der Waals surface area contributed by atoms with Crippen LogP contribution in [0.4, 0.5) is 0 Å². The molecule has 0 saturated carbocycles. The van der Waals surface area contributed by atoms with Gasteiger partial charge in [-0.25, -0.2) is 15.0 Å². The number of rotatable bonds is 5. The van der Waals surface area contributed by atoms with Crippen LogP contribution in [0.5, 0.6) is 0 Å². The monoisotopic (exact) mass is 700 g/mol. The summed E-state index contributed by atoms with van der Waals surface area (Å²) in [5, 5.41) is 10.0. The van der Waals surface area contributed by atoms with E-state index < -0.39 is 0 Å². The van der Waals surface area contributed by atoms with Crippen LogP contribution < -0.4 is 0 Å². The van der Waals surface area contributed by atoms with Crippen molar-refractivity contribution in [2.75, 3.05) is 0 Å². The Kier molecular flexibility index (Phi) is 7.14. The van der Waals surface area contributed by atoms with Gasteiger partial charge >= 0.3 is 0 Å². The fourth-order valence-corrected chi connectivity index (χ4v) is 8.13. The second kappa shape index (κ2) is 12.6. The molecule has 0 amide bonds. The zero-order chi connectivity index (χ0) is 36.3. The van der Waals surface area contributed by atoms with Crippen LogP contribution in [0.2, 0.25) is 0 Å². The molecule has 2 aromatic heterocycles. The first-order valence-corrected chi connectivity index (χ1v) is 18.6. The van der Waals surface area contributed by atoms with Gasteiger partial charge in [0.2, 0.25) is 0 Å². The molecule has 0 N–H and O–H groups in total. The Labute approximate surface area is 317 Å². The second-order valence-corrected chi connectivity index (χ2v) is 14.1. The highest BCUT2D eigenvalue weighted by Gasteiger charge is 2.17. The second-order valence-electron chi connectivity index (χ2n) is 14.1. The molecule has 0 unspecified atom stereocenters. The summed E-state index contributed by atoms with van der Waals surface area (Å²) < 4.78 is 2.42. The summed E-state index contributed by atoms with van der Waals surface area (Å²) in [6.07, 6.45) is 0. The molecule has 2 heterocycles. The SMILES string of the molecule is c1ccc(-c2nc(-c3ccccc3)nc(-c3ccc(-c4ccc5ccc6c(c5c4)c4ccccc4n6-c4ccc5c(ccc6ccccc65)c4)cc3)n2)cc1. The predicted molar refractivity (Wildman–Crippen MR) is 228 cm³/mol. The highest BCUT2D eigenvalue weighted by Crippen LogP contribution is 2.39. The Morgan fingerprint density at radius 1 is 0.291 bits per heavy atom. The zero-order valence-corrected chi connectivity index (χ0v) is 29.8. The van der Waals surface area contributed by atoms with Crippen LogP contribution in [0.15, 0.2) is 194 Å². The molecule has 0 spiro atoms. The van der Waals surface area contributed by atoms with Gasteiger partial charge in [0.25, 0.3) is 0 Å². The topological polar surface area (TPSA) is 43.6 Å². The summed E-state index contributed by atoms with van der Waals surface area (Å²) in [4.78, 5) is 14.7. The van der Waals surface area contributed by atoms with Gasteiger partial charge in [-0.05, 0) is 73.8 Å². The molecule has 4 heteroatoms. The Balaban J connectivity index is 1.02. The molecule has 0 saturated heterocycles. The Morgan fingerprint density at radius 2 is 0.800 bits per heavy atom. The van der Waals surface area contributed by atoms with Crippen LogP contribution in [0.3, 0.4) is 0 Å². The summed E-state index contributed by atoms with van der Waals surface area (Å²) in [7, 11) is 0. The lowest BCUT2D eigenvalue weighted by Gasteiger charge is -2.11. The van der Waals surface area contributed by atoms with Gasteiger partial charge < -0.3 is 4.57 Å². The quantitative estimate of drug-likeness (QED) is 0.168. The Morgan fingerprint density at radius 3 is 1.53 bits per heavy atom. The van der Waals surface area contributed by atoms with Gasteiger partial charge in [0.1, 0.15) is 0 Å². The standard InChI is InChI=1S/C51H32N4/c1-3-12-36(13-4-1)49-52-50(37-14-5-2-6-15-37)54-51(53-49)38-23-19-33(20-24-38)39-25-21-35-27-30-47-48(45(35)32-39)44-17-9-10-18-46(44)55(47)41-28-29-43-40(31-41)26-22-34-11-7-8-16-42(34)43/h1-32H. The highest BCUT2D eigenvalue weighted by molar-refractivity contribution is 6.22. The van der Waals surface area contributed by atoms with E-state index in [2.05, 4.69) is 138 Å². The number of hydrogen-bond donors (Lipinski definition) is 0. The molecular formula is C51H32N4. The molecule has 4 nitrogen and oxygen atoms in total. The van der Waals surface area contributed by atoms with Gasteiger partial charge in [0.05, 0.1) is 11.0 Å². The average molecular weight is 701 g/mol. The van der Waals surface area contributed by atoms with Gasteiger partial charge in [-0.3, -0.25) is 0 Å². The molecule has 55 heavy (non-hydrogen) atoms. The maximum Gasteiger partial charge on any atom is 0.164 e. The van der Waals surface area contributed by atoms with Crippen molar-refractivity contribution in [3.05, 3.63) is 194 Å². The van der Waals surface area contributed by atoms with Crippen molar-refractivity contribution in [1.29, 1.82) is 0 Å². The molecule has 0 aliphatic heterocycles. The molecule has 11 aromatic rings. The van der Waals surface area contributed by atoms with Gasteiger partial charge in [-0.2, -0.15) is 0 Å². The minimum absolute atomic E-state index is 0.647. The fraction of sp³-hybridized carbons (Fsp3) is 0. The number of aromatic nitrogens is 4. The van der Waals surface area contributed by atoms with Crippen molar-refractivity contribution >= 4 is 54.1 Å². The number of para-hydroxylation sites is 1.